The topological polar surface area (TPSA) is 60.9 Å². The Bertz CT molecular complexity index is 268. The minimum absolute atomic E-state index is 0.00479. The molecule has 1 N–H and O–H groups in total. The van der Waals surface area contributed by atoms with Crippen molar-refractivity contribution in [1.82, 2.24) is 9.80 Å². The Morgan fingerprint density at radius 1 is 1.50 bits per heavy atom. The SMILES string of the molecule is CN(CCCC(=O)O)C(=O)C1CCCN1C. The first-order chi connectivity index (χ1) is 7.52. The highest BCUT2D eigenvalue weighted by Gasteiger charge is 2.29. The van der Waals surface area contributed by atoms with E-state index in [1.807, 2.05) is 7.05 Å². The Morgan fingerprint density at radius 3 is 2.69 bits per heavy atom. The van der Waals surface area contributed by atoms with Crippen LogP contribution in [0.1, 0.15) is 25.7 Å². The van der Waals surface area contributed by atoms with Gasteiger partial charge in [0.05, 0.1) is 6.04 Å². The lowest BCUT2D eigenvalue weighted by molar-refractivity contribution is -0.138. The zero-order valence-corrected chi connectivity index (χ0v) is 9.98. The monoisotopic (exact) mass is 228 g/mol. The third-order valence-corrected chi connectivity index (χ3v) is 3.07. The molecule has 1 aliphatic rings. The fourth-order valence-corrected chi connectivity index (χ4v) is 2.05. The minimum Gasteiger partial charge on any atom is -0.481 e. The fraction of sp³-hybridized carbons (Fsp3) is 0.818. The summed E-state index contributed by atoms with van der Waals surface area (Å²) in [7, 11) is 3.71. The van der Waals surface area contributed by atoms with Crippen molar-refractivity contribution in [1.29, 1.82) is 0 Å². The molecule has 0 bridgehead atoms. The van der Waals surface area contributed by atoms with Crippen molar-refractivity contribution in [3.05, 3.63) is 0 Å². The maximum atomic E-state index is 12.0. The highest BCUT2D eigenvalue weighted by Crippen LogP contribution is 2.16. The molecule has 1 rings (SSSR count). The maximum absolute atomic E-state index is 12.0. The molecular weight excluding hydrogens is 208 g/mol. The number of rotatable bonds is 5. The van der Waals surface area contributed by atoms with Crippen LogP contribution in [0.25, 0.3) is 0 Å². The summed E-state index contributed by atoms with van der Waals surface area (Å²) in [6.45, 7) is 1.49. The van der Waals surface area contributed by atoms with Gasteiger partial charge in [-0.15, -0.1) is 0 Å². The van der Waals surface area contributed by atoms with Crippen molar-refractivity contribution in [2.75, 3.05) is 27.2 Å². The molecule has 0 aromatic carbocycles. The second-order valence-electron chi connectivity index (χ2n) is 4.40. The second kappa shape index (κ2) is 5.84. The van der Waals surface area contributed by atoms with Crippen molar-refractivity contribution in [3.8, 4) is 0 Å². The molecule has 0 aromatic heterocycles. The summed E-state index contributed by atoms with van der Waals surface area (Å²) in [6.07, 6.45) is 2.63. The van der Waals surface area contributed by atoms with Crippen LogP contribution in [0.3, 0.4) is 0 Å². The van der Waals surface area contributed by atoms with Crippen molar-refractivity contribution < 1.29 is 14.7 Å². The van der Waals surface area contributed by atoms with E-state index in [9.17, 15) is 9.59 Å². The van der Waals surface area contributed by atoms with Gasteiger partial charge >= 0.3 is 5.97 Å². The summed E-state index contributed by atoms with van der Waals surface area (Å²) in [5.74, 6) is -0.691. The minimum atomic E-state index is -0.807. The Labute approximate surface area is 96.0 Å². The molecule has 92 valence electrons. The Hall–Kier alpha value is -1.10. The van der Waals surface area contributed by atoms with Gasteiger partial charge in [-0.2, -0.15) is 0 Å². The second-order valence-corrected chi connectivity index (χ2v) is 4.40. The first kappa shape index (κ1) is 13.0. The van der Waals surface area contributed by atoms with E-state index in [-0.39, 0.29) is 18.4 Å². The van der Waals surface area contributed by atoms with Gasteiger partial charge in [0.15, 0.2) is 0 Å². The van der Waals surface area contributed by atoms with Gasteiger partial charge in [0, 0.05) is 20.0 Å². The summed E-state index contributed by atoms with van der Waals surface area (Å²) in [6, 6.07) is -0.00479. The van der Waals surface area contributed by atoms with Crippen LogP contribution >= 0.6 is 0 Å². The molecule has 0 radical (unpaired) electrons. The quantitative estimate of drug-likeness (QED) is 0.740. The van der Waals surface area contributed by atoms with E-state index in [0.29, 0.717) is 13.0 Å². The average Bonchev–Trinajstić information content (AvgIpc) is 2.62. The van der Waals surface area contributed by atoms with Gasteiger partial charge in [-0.1, -0.05) is 0 Å². The van der Waals surface area contributed by atoms with Gasteiger partial charge < -0.3 is 10.0 Å². The van der Waals surface area contributed by atoms with Crippen molar-refractivity contribution in [2.45, 2.75) is 31.7 Å². The molecule has 1 amide bonds. The molecule has 1 aliphatic heterocycles. The van der Waals surface area contributed by atoms with Crippen molar-refractivity contribution in [3.63, 3.8) is 0 Å². The zero-order valence-electron chi connectivity index (χ0n) is 9.98. The standard InChI is InChI=1S/C11H20N2O3/c1-12-7-3-5-9(12)11(16)13(2)8-4-6-10(14)15/h9H,3-8H2,1-2H3,(H,14,15). The lowest BCUT2D eigenvalue weighted by Gasteiger charge is -2.25. The van der Waals surface area contributed by atoms with Crippen LogP contribution in [0, 0.1) is 0 Å². The van der Waals surface area contributed by atoms with E-state index in [4.69, 9.17) is 5.11 Å². The summed E-state index contributed by atoms with van der Waals surface area (Å²) in [4.78, 5) is 26.0. The van der Waals surface area contributed by atoms with Crippen LogP contribution in [0.2, 0.25) is 0 Å². The summed E-state index contributed by atoms with van der Waals surface area (Å²) in [5, 5.41) is 8.51. The van der Waals surface area contributed by atoms with Crippen molar-refractivity contribution >= 4 is 11.9 Å². The highest BCUT2D eigenvalue weighted by molar-refractivity contribution is 5.82. The molecular formula is C11H20N2O3. The molecule has 16 heavy (non-hydrogen) atoms. The smallest absolute Gasteiger partial charge is 0.303 e. The number of hydrogen-bond acceptors (Lipinski definition) is 3. The molecule has 0 aliphatic carbocycles. The number of likely N-dealkylation sites (N-methyl/N-ethyl adjacent to an activating group) is 2. The molecule has 1 atom stereocenters. The number of carbonyl (C=O) groups is 2. The molecule has 5 heteroatoms. The molecule has 5 nitrogen and oxygen atoms in total. The lowest BCUT2D eigenvalue weighted by Crippen LogP contribution is -2.42. The van der Waals surface area contributed by atoms with E-state index in [0.717, 1.165) is 19.4 Å². The van der Waals surface area contributed by atoms with Crippen LogP contribution in [0.4, 0.5) is 0 Å². The number of amides is 1. The number of carboxylic acid groups (broad SMARTS) is 1. The first-order valence-corrected chi connectivity index (χ1v) is 5.69. The number of hydrogen-bond donors (Lipinski definition) is 1. The van der Waals surface area contributed by atoms with E-state index < -0.39 is 5.97 Å². The normalized spacial score (nSPS) is 21.0. The highest BCUT2D eigenvalue weighted by atomic mass is 16.4. The predicted molar refractivity (Wildman–Crippen MR) is 60.2 cm³/mol. The van der Waals surface area contributed by atoms with Gasteiger partial charge in [-0.25, -0.2) is 0 Å². The summed E-state index contributed by atoms with van der Waals surface area (Å²) < 4.78 is 0. The van der Waals surface area contributed by atoms with Gasteiger partial charge in [0.25, 0.3) is 0 Å². The van der Waals surface area contributed by atoms with E-state index >= 15 is 0 Å². The number of nitrogens with zero attached hydrogens (tertiary/aromatic N) is 2. The van der Waals surface area contributed by atoms with Gasteiger partial charge in [-0.3, -0.25) is 14.5 Å². The Balaban J connectivity index is 2.32. The summed E-state index contributed by atoms with van der Waals surface area (Å²) >= 11 is 0. The van der Waals surface area contributed by atoms with E-state index in [1.54, 1.807) is 11.9 Å². The zero-order chi connectivity index (χ0) is 12.1. The van der Waals surface area contributed by atoms with Crippen LogP contribution < -0.4 is 0 Å². The average molecular weight is 228 g/mol. The molecule has 1 fully saturated rings. The fourth-order valence-electron chi connectivity index (χ4n) is 2.05. The van der Waals surface area contributed by atoms with Gasteiger partial charge in [0.2, 0.25) is 5.91 Å². The molecule has 0 saturated carbocycles. The Morgan fingerprint density at radius 2 is 2.19 bits per heavy atom. The van der Waals surface area contributed by atoms with Crippen molar-refractivity contribution in [2.24, 2.45) is 0 Å². The van der Waals surface area contributed by atoms with Crippen LogP contribution in [0.15, 0.2) is 0 Å². The summed E-state index contributed by atoms with van der Waals surface area (Å²) in [5.41, 5.74) is 0. The number of aliphatic carboxylic acids is 1. The third kappa shape index (κ3) is 3.48. The number of carbonyl (C=O) groups excluding carboxylic acids is 1. The molecule has 1 heterocycles. The van der Waals surface area contributed by atoms with E-state index in [1.165, 1.54) is 0 Å². The Kier molecular flexibility index (Phi) is 4.73. The van der Waals surface area contributed by atoms with Crippen LogP contribution in [-0.4, -0.2) is 60.0 Å². The lowest BCUT2D eigenvalue weighted by atomic mass is 10.2. The molecule has 0 aromatic rings. The first-order valence-electron chi connectivity index (χ1n) is 5.69. The maximum Gasteiger partial charge on any atom is 0.303 e. The molecule has 1 saturated heterocycles. The predicted octanol–water partition coefficient (Wildman–Crippen LogP) is 0.404. The van der Waals surface area contributed by atoms with Gasteiger partial charge in [0.1, 0.15) is 0 Å². The molecule has 0 spiro atoms. The number of likely N-dealkylation sites (tertiary alicyclic amines) is 1. The third-order valence-electron chi connectivity index (χ3n) is 3.07. The molecule has 1 unspecified atom stereocenters. The van der Waals surface area contributed by atoms with Crippen LogP contribution in [0.5, 0.6) is 0 Å². The van der Waals surface area contributed by atoms with E-state index in [2.05, 4.69) is 4.90 Å². The van der Waals surface area contributed by atoms with Gasteiger partial charge in [-0.05, 0) is 32.9 Å². The largest absolute Gasteiger partial charge is 0.481 e. The number of carboxylic acids is 1. The van der Waals surface area contributed by atoms with Crippen LogP contribution in [-0.2, 0) is 9.59 Å².